The van der Waals surface area contributed by atoms with Crippen molar-refractivity contribution in [3.05, 3.63) is 47.8 Å². The molecule has 3 aromatic rings. The Bertz CT molecular complexity index is 1310. The number of carbonyl (C=O) groups excluding carboxylic acids is 1. The van der Waals surface area contributed by atoms with Crippen molar-refractivity contribution in [2.75, 3.05) is 11.9 Å². The van der Waals surface area contributed by atoms with Gasteiger partial charge in [-0.1, -0.05) is 0 Å². The molecule has 3 aliphatic rings. The fourth-order valence-electron chi connectivity index (χ4n) is 5.16. The average molecular weight is 477 g/mol. The summed E-state index contributed by atoms with van der Waals surface area (Å²) in [4.78, 5) is 17.6. The summed E-state index contributed by atoms with van der Waals surface area (Å²) in [7, 11) is 0. The van der Waals surface area contributed by atoms with Crippen LogP contribution in [0.3, 0.4) is 0 Å². The highest BCUT2D eigenvalue weighted by Crippen LogP contribution is 2.48. The number of hydrogen-bond donors (Lipinski definition) is 3. The summed E-state index contributed by atoms with van der Waals surface area (Å²) >= 11 is 0. The van der Waals surface area contributed by atoms with Gasteiger partial charge < -0.3 is 15.7 Å². The van der Waals surface area contributed by atoms with Crippen LogP contribution >= 0.6 is 0 Å². The van der Waals surface area contributed by atoms with Crippen LogP contribution in [0.4, 0.5) is 10.1 Å². The third-order valence-corrected chi connectivity index (χ3v) is 7.32. The van der Waals surface area contributed by atoms with Crippen molar-refractivity contribution >= 4 is 17.1 Å². The Morgan fingerprint density at radius 2 is 1.91 bits per heavy atom. The lowest BCUT2D eigenvalue weighted by Crippen LogP contribution is -2.54. The molecule has 0 saturated heterocycles. The van der Waals surface area contributed by atoms with Crippen LogP contribution in [-0.2, 0) is 0 Å². The Balaban J connectivity index is 1.52. The van der Waals surface area contributed by atoms with E-state index in [2.05, 4.69) is 26.8 Å². The van der Waals surface area contributed by atoms with E-state index in [-0.39, 0.29) is 12.1 Å². The molecule has 3 aliphatic carbocycles. The highest BCUT2D eigenvalue weighted by molar-refractivity contribution is 6.00. The number of nitrogens with one attached hydrogen (secondary N) is 2. The second-order valence-corrected chi connectivity index (χ2v) is 10.6. The van der Waals surface area contributed by atoms with Gasteiger partial charge in [-0.15, -0.1) is 0 Å². The van der Waals surface area contributed by atoms with Crippen LogP contribution < -0.4 is 10.6 Å². The predicted octanol–water partition coefficient (Wildman–Crippen LogP) is 4.00. The van der Waals surface area contributed by atoms with Gasteiger partial charge in [0.15, 0.2) is 0 Å². The Morgan fingerprint density at radius 1 is 1.20 bits per heavy atom. The smallest absolute Gasteiger partial charge is 0.255 e. The van der Waals surface area contributed by atoms with Crippen molar-refractivity contribution in [1.29, 1.82) is 5.26 Å². The standard InChI is InChI=1S/C26H29FN6O2/c1-24(2,27)16-30-23(34)19-15-29-21(22-4-3-18-11-17(13-28)14-31-33(18)22)12-20(19)32-25-5-8-26(35,9-6-25)10-7-25/h3-4,11-12,14-15,35H,5-10,16H2,1-2H3,(H,29,32)(H,30,34). The molecule has 3 saturated carbocycles. The average Bonchev–Trinajstić information content (AvgIpc) is 3.26. The van der Waals surface area contributed by atoms with Crippen LogP contribution in [0.15, 0.2) is 36.7 Å². The first-order chi connectivity index (χ1) is 16.6. The number of fused-ring (bicyclic) bond motifs is 4. The molecule has 0 aromatic carbocycles. The van der Waals surface area contributed by atoms with E-state index in [1.807, 2.05) is 18.2 Å². The van der Waals surface area contributed by atoms with Crippen molar-refractivity contribution in [3.63, 3.8) is 0 Å². The minimum Gasteiger partial charge on any atom is -0.390 e. The van der Waals surface area contributed by atoms with E-state index in [0.717, 1.165) is 49.7 Å². The number of nitriles is 1. The topological polar surface area (TPSA) is 115 Å². The predicted molar refractivity (Wildman–Crippen MR) is 130 cm³/mol. The molecule has 6 rings (SSSR count). The zero-order chi connectivity index (χ0) is 24.8. The molecular formula is C26H29FN6O2. The van der Waals surface area contributed by atoms with Gasteiger partial charge in [-0.3, -0.25) is 9.78 Å². The lowest BCUT2D eigenvalue weighted by atomic mass is 9.63. The molecule has 0 aliphatic heterocycles. The zero-order valence-electron chi connectivity index (χ0n) is 19.9. The van der Waals surface area contributed by atoms with Crippen LogP contribution in [-0.4, -0.2) is 49.0 Å². The van der Waals surface area contributed by atoms with E-state index in [0.29, 0.717) is 22.5 Å². The lowest BCUT2D eigenvalue weighted by molar-refractivity contribution is -0.0580. The fourth-order valence-corrected chi connectivity index (χ4v) is 5.16. The monoisotopic (exact) mass is 476 g/mol. The maximum atomic E-state index is 14.0. The van der Waals surface area contributed by atoms with Crippen molar-refractivity contribution < 1.29 is 14.3 Å². The Hall–Kier alpha value is -3.51. The molecule has 3 heterocycles. The summed E-state index contributed by atoms with van der Waals surface area (Å²) in [5.41, 5.74) is 1.23. The normalized spacial score (nSPS) is 23.7. The molecule has 2 bridgehead atoms. The van der Waals surface area contributed by atoms with Crippen molar-refractivity contribution in [1.82, 2.24) is 19.9 Å². The number of alkyl halides is 1. The molecule has 3 fully saturated rings. The van der Waals surface area contributed by atoms with E-state index < -0.39 is 17.2 Å². The van der Waals surface area contributed by atoms with Gasteiger partial charge in [-0.25, -0.2) is 8.91 Å². The summed E-state index contributed by atoms with van der Waals surface area (Å²) in [5.74, 6) is -0.395. The first kappa shape index (κ1) is 23.2. The number of amides is 1. The summed E-state index contributed by atoms with van der Waals surface area (Å²) in [6.07, 6.45) is 7.63. The molecule has 1 amide bonds. The maximum absolute atomic E-state index is 14.0. The van der Waals surface area contributed by atoms with Crippen molar-refractivity contribution in [2.24, 2.45) is 0 Å². The summed E-state index contributed by atoms with van der Waals surface area (Å²) in [5, 5.41) is 30.5. The second-order valence-electron chi connectivity index (χ2n) is 10.6. The molecule has 0 spiro atoms. The number of aliphatic hydroxyl groups is 1. The van der Waals surface area contributed by atoms with Crippen LogP contribution in [0.25, 0.3) is 16.9 Å². The molecule has 182 valence electrons. The van der Waals surface area contributed by atoms with Crippen molar-refractivity contribution in [3.8, 4) is 17.5 Å². The van der Waals surface area contributed by atoms with Gasteiger partial charge in [0.2, 0.25) is 0 Å². The first-order valence-corrected chi connectivity index (χ1v) is 11.9. The number of anilines is 1. The van der Waals surface area contributed by atoms with Gasteiger partial charge in [0.05, 0.1) is 52.1 Å². The molecule has 35 heavy (non-hydrogen) atoms. The Kier molecular flexibility index (Phi) is 5.52. The number of aromatic nitrogens is 3. The Morgan fingerprint density at radius 3 is 2.57 bits per heavy atom. The summed E-state index contributed by atoms with van der Waals surface area (Å²) < 4.78 is 15.8. The molecule has 3 N–H and O–H groups in total. The maximum Gasteiger partial charge on any atom is 0.255 e. The largest absolute Gasteiger partial charge is 0.390 e. The molecule has 8 nitrogen and oxygen atoms in total. The molecule has 9 heteroatoms. The van der Waals surface area contributed by atoms with Gasteiger partial charge in [-0.2, -0.15) is 10.4 Å². The number of nitrogens with zero attached hydrogens (tertiary/aromatic N) is 4. The van der Waals surface area contributed by atoms with Gasteiger partial charge in [0.1, 0.15) is 11.7 Å². The third kappa shape index (κ3) is 4.58. The number of halogens is 1. The number of rotatable bonds is 6. The highest BCUT2D eigenvalue weighted by Gasteiger charge is 2.48. The highest BCUT2D eigenvalue weighted by atomic mass is 19.1. The summed E-state index contributed by atoms with van der Waals surface area (Å²) in [6.45, 7) is 2.72. The fraction of sp³-hybridized carbons (Fsp3) is 0.462. The SMILES string of the molecule is CC(C)(F)CNC(=O)c1cnc(-c2ccc3cc(C#N)cnn23)cc1NC12CCC(O)(CC1)CC2. The Labute approximate surface area is 203 Å². The first-order valence-electron chi connectivity index (χ1n) is 11.9. The number of pyridine rings is 1. The zero-order valence-corrected chi connectivity index (χ0v) is 19.9. The number of hydrogen-bond acceptors (Lipinski definition) is 6. The number of carbonyl (C=O) groups is 1. The third-order valence-electron chi connectivity index (χ3n) is 7.32. The molecule has 3 aromatic heterocycles. The molecule has 0 unspecified atom stereocenters. The second kappa shape index (κ2) is 8.31. The lowest BCUT2D eigenvalue weighted by Gasteiger charge is -2.51. The van der Waals surface area contributed by atoms with E-state index in [9.17, 15) is 14.3 Å². The minimum atomic E-state index is -1.54. The van der Waals surface area contributed by atoms with Crippen LogP contribution in [0.2, 0.25) is 0 Å². The minimum absolute atomic E-state index is 0.111. The van der Waals surface area contributed by atoms with E-state index >= 15 is 0 Å². The van der Waals surface area contributed by atoms with Crippen LogP contribution in [0, 0.1) is 11.3 Å². The molecule has 0 radical (unpaired) electrons. The quantitative estimate of drug-likeness (QED) is 0.495. The van der Waals surface area contributed by atoms with Gasteiger partial charge in [-0.05, 0) is 76.6 Å². The van der Waals surface area contributed by atoms with Crippen molar-refractivity contribution in [2.45, 2.75) is 69.2 Å². The van der Waals surface area contributed by atoms with E-state index in [1.165, 1.54) is 26.2 Å². The van der Waals surface area contributed by atoms with E-state index in [4.69, 9.17) is 5.26 Å². The molecule has 0 atom stereocenters. The van der Waals surface area contributed by atoms with Gasteiger partial charge in [0.25, 0.3) is 5.91 Å². The van der Waals surface area contributed by atoms with Crippen LogP contribution in [0.5, 0.6) is 0 Å². The molecular weight excluding hydrogens is 447 g/mol. The van der Waals surface area contributed by atoms with E-state index in [1.54, 1.807) is 10.6 Å². The van der Waals surface area contributed by atoms with Gasteiger partial charge in [0, 0.05) is 11.7 Å². The van der Waals surface area contributed by atoms with Crippen LogP contribution in [0.1, 0.15) is 68.3 Å². The van der Waals surface area contributed by atoms with Gasteiger partial charge >= 0.3 is 0 Å². The summed E-state index contributed by atoms with van der Waals surface area (Å²) in [6, 6.07) is 9.42.